The molecule has 13 heavy (non-hydrogen) atoms. The molecule has 0 aromatic carbocycles. The number of rotatable bonds is 1. The molecule has 2 aromatic rings. The molecule has 0 radical (unpaired) electrons. The molecule has 0 atom stereocenters. The minimum atomic E-state index is 0.440. The maximum Gasteiger partial charge on any atom is 0.266 e. The molecule has 0 aliphatic carbocycles. The standard InChI is InChI=1S/C8H6BrN3O/c1-5-6(9)2-3-7(11-5)8-12-10-4-13-8/h2-4H,1H3. The molecule has 0 bridgehead atoms. The zero-order valence-corrected chi connectivity index (χ0v) is 8.45. The van der Waals surface area contributed by atoms with E-state index in [9.17, 15) is 0 Å². The average Bonchev–Trinajstić information content (AvgIpc) is 2.62. The van der Waals surface area contributed by atoms with Crippen molar-refractivity contribution >= 4 is 15.9 Å². The van der Waals surface area contributed by atoms with Gasteiger partial charge >= 0.3 is 0 Å². The molecule has 4 nitrogen and oxygen atoms in total. The van der Waals surface area contributed by atoms with Gasteiger partial charge in [0.05, 0.1) is 5.69 Å². The van der Waals surface area contributed by atoms with Crippen molar-refractivity contribution in [1.29, 1.82) is 0 Å². The summed E-state index contributed by atoms with van der Waals surface area (Å²) in [5.41, 5.74) is 1.59. The van der Waals surface area contributed by atoms with Crippen LogP contribution in [-0.4, -0.2) is 15.2 Å². The number of nitrogens with zero attached hydrogens (tertiary/aromatic N) is 3. The van der Waals surface area contributed by atoms with Gasteiger partial charge in [-0.1, -0.05) is 0 Å². The Bertz CT molecular complexity index is 413. The number of aryl methyl sites for hydroxylation is 1. The van der Waals surface area contributed by atoms with E-state index in [-0.39, 0.29) is 0 Å². The highest BCUT2D eigenvalue weighted by atomic mass is 79.9. The van der Waals surface area contributed by atoms with E-state index in [1.807, 2.05) is 19.1 Å². The van der Waals surface area contributed by atoms with Crippen LogP contribution in [0.5, 0.6) is 0 Å². The van der Waals surface area contributed by atoms with Crippen molar-refractivity contribution in [2.75, 3.05) is 0 Å². The normalized spacial score (nSPS) is 10.3. The Kier molecular flexibility index (Phi) is 2.10. The van der Waals surface area contributed by atoms with Crippen molar-refractivity contribution in [2.24, 2.45) is 0 Å². The van der Waals surface area contributed by atoms with Crippen LogP contribution >= 0.6 is 15.9 Å². The van der Waals surface area contributed by atoms with Gasteiger partial charge in [-0.25, -0.2) is 4.98 Å². The molecule has 0 saturated heterocycles. The first-order chi connectivity index (χ1) is 6.27. The van der Waals surface area contributed by atoms with Gasteiger partial charge in [-0.3, -0.25) is 0 Å². The third-order valence-electron chi connectivity index (χ3n) is 1.60. The van der Waals surface area contributed by atoms with Gasteiger partial charge in [-0.15, -0.1) is 10.2 Å². The molecule has 0 saturated carbocycles. The second-order valence-corrected chi connectivity index (χ2v) is 3.36. The Balaban J connectivity index is 2.49. The van der Waals surface area contributed by atoms with Crippen molar-refractivity contribution in [3.05, 3.63) is 28.7 Å². The molecule has 0 N–H and O–H groups in total. The third kappa shape index (κ3) is 1.60. The first-order valence-corrected chi connectivity index (χ1v) is 4.46. The SMILES string of the molecule is Cc1nc(-c2nnco2)ccc1Br. The first kappa shape index (κ1) is 8.37. The highest BCUT2D eigenvalue weighted by molar-refractivity contribution is 9.10. The van der Waals surface area contributed by atoms with E-state index in [1.165, 1.54) is 6.39 Å². The van der Waals surface area contributed by atoms with Gasteiger partial charge < -0.3 is 4.42 Å². The summed E-state index contributed by atoms with van der Waals surface area (Å²) < 4.78 is 5.98. The molecule has 2 rings (SSSR count). The third-order valence-corrected chi connectivity index (χ3v) is 2.44. The largest absolute Gasteiger partial charge is 0.422 e. The van der Waals surface area contributed by atoms with Gasteiger partial charge in [-0.05, 0) is 35.0 Å². The molecular formula is C8H6BrN3O. The van der Waals surface area contributed by atoms with E-state index in [1.54, 1.807) is 0 Å². The van der Waals surface area contributed by atoms with Gasteiger partial charge in [0.1, 0.15) is 5.69 Å². The summed E-state index contributed by atoms with van der Waals surface area (Å²) in [6, 6.07) is 3.73. The van der Waals surface area contributed by atoms with Crippen molar-refractivity contribution in [2.45, 2.75) is 6.92 Å². The summed E-state index contributed by atoms with van der Waals surface area (Å²) in [6.07, 6.45) is 1.29. The van der Waals surface area contributed by atoms with Gasteiger partial charge in [0.15, 0.2) is 0 Å². The first-order valence-electron chi connectivity index (χ1n) is 3.67. The number of hydrogen-bond acceptors (Lipinski definition) is 4. The Morgan fingerprint density at radius 1 is 1.38 bits per heavy atom. The number of halogens is 1. The maximum atomic E-state index is 5.01. The predicted molar refractivity (Wildman–Crippen MR) is 50.0 cm³/mol. The van der Waals surface area contributed by atoms with Crippen LogP contribution in [0.2, 0.25) is 0 Å². The highest BCUT2D eigenvalue weighted by Gasteiger charge is 2.05. The van der Waals surface area contributed by atoms with Crippen LogP contribution in [0, 0.1) is 6.92 Å². The number of pyridine rings is 1. The van der Waals surface area contributed by atoms with Crippen LogP contribution in [0.3, 0.4) is 0 Å². The van der Waals surface area contributed by atoms with Crippen molar-refractivity contribution < 1.29 is 4.42 Å². The lowest BCUT2D eigenvalue weighted by molar-refractivity contribution is 0.566. The lowest BCUT2D eigenvalue weighted by atomic mass is 10.3. The summed E-state index contributed by atoms with van der Waals surface area (Å²) in [5.74, 6) is 0.440. The Labute approximate surface area is 83.1 Å². The van der Waals surface area contributed by atoms with Crippen LogP contribution in [0.25, 0.3) is 11.6 Å². The van der Waals surface area contributed by atoms with E-state index < -0.39 is 0 Å². The van der Waals surface area contributed by atoms with Crippen LogP contribution < -0.4 is 0 Å². The average molecular weight is 240 g/mol. The quantitative estimate of drug-likeness (QED) is 0.766. The molecule has 0 fully saturated rings. The molecule has 0 spiro atoms. The summed E-state index contributed by atoms with van der Waals surface area (Å²) >= 11 is 3.36. The fourth-order valence-electron chi connectivity index (χ4n) is 0.948. The topological polar surface area (TPSA) is 51.8 Å². The van der Waals surface area contributed by atoms with E-state index in [0.717, 1.165) is 10.2 Å². The van der Waals surface area contributed by atoms with Gasteiger partial charge in [0.2, 0.25) is 6.39 Å². The molecule has 0 aliphatic heterocycles. The monoisotopic (exact) mass is 239 g/mol. The van der Waals surface area contributed by atoms with E-state index >= 15 is 0 Å². The van der Waals surface area contributed by atoms with Crippen LogP contribution in [0.15, 0.2) is 27.4 Å². The lowest BCUT2D eigenvalue weighted by Crippen LogP contribution is -1.87. The fraction of sp³-hybridized carbons (Fsp3) is 0.125. The molecule has 0 unspecified atom stereocenters. The second kappa shape index (κ2) is 3.26. The van der Waals surface area contributed by atoms with Crippen molar-refractivity contribution in [3.8, 4) is 11.6 Å². The van der Waals surface area contributed by atoms with Gasteiger partial charge in [0, 0.05) is 4.47 Å². The molecule has 2 heterocycles. The maximum absolute atomic E-state index is 5.01. The lowest BCUT2D eigenvalue weighted by Gasteiger charge is -1.98. The zero-order valence-electron chi connectivity index (χ0n) is 6.86. The predicted octanol–water partition coefficient (Wildman–Crippen LogP) is 2.20. The highest BCUT2D eigenvalue weighted by Crippen LogP contribution is 2.19. The van der Waals surface area contributed by atoms with Gasteiger partial charge in [0.25, 0.3) is 5.89 Å². The Hall–Kier alpha value is -1.23. The molecule has 5 heteroatoms. The zero-order chi connectivity index (χ0) is 9.26. The Morgan fingerprint density at radius 2 is 2.23 bits per heavy atom. The summed E-state index contributed by atoms with van der Waals surface area (Å²) in [5, 5.41) is 7.35. The molecular weight excluding hydrogens is 234 g/mol. The summed E-state index contributed by atoms with van der Waals surface area (Å²) in [4.78, 5) is 4.27. The van der Waals surface area contributed by atoms with E-state index in [0.29, 0.717) is 11.6 Å². The molecule has 2 aromatic heterocycles. The minimum Gasteiger partial charge on any atom is -0.422 e. The summed E-state index contributed by atoms with van der Waals surface area (Å²) in [6.45, 7) is 1.91. The summed E-state index contributed by atoms with van der Waals surface area (Å²) in [7, 11) is 0. The van der Waals surface area contributed by atoms with Gasteiger partial charge in [-0.2, -0.15) is 0 Å². The Morgan fingerprint density at radius 3 is 2.85 bits per heavy atom. The minimum absolute atomic E-state index is 0.440. The van der Waals surface area contributed by atoms with Crippen LogP contribution in [0.4, 0.5) is 0 Å². The smallest absolute Gasteiger partial charge is 0.266 e. The molecule has 66 valence electrons. The second-order valence-electron chi connectivity index (χ2n) is 2.51. The van der Waals surface area contributed by atoms with Crippen LogP contribution in [0.1, 0.15) is 5.69 Å². The fourth-order valence-corrected chi connectivity index (χ4v) is 1.17. The van der Waals surface area contributed by atoms with Crippen LogP contribution in [-0.2, 0) is 0 Å². The molecule has 0 amide bonds. The van der Waals surface area contributed by atoms with Crippen molar-refractivity contribution in [3.63, 3.8) is 0 Å². The van der Waals surface area contributed by atoms with E-state index in [4.69, 9.17) is 4.42 Å². The van der Waals surface area contributed by atoms with E-state index in [2.05, 4.69) is 31.1 Å². The number of hydrogen-bond donors (Lipinski definition) is 0. The molecule has 0 aliphatic rings. The van der Waals surface area contributed by atoms with Crippen molar-refractivity contribution in [1.82, 2.24) is 15.2 Å². The number of aromatic nitrogens is 3.